The highest BCUT2D eigenvalue weighted by Crippen LogP contribution is 2.29. The highest BCUT2D eigenvalue weighted by Gasteiger charge is 2.25. The van der Waals surface area contributed by atoms with Crippen molar-refractivity contribution in [2.75, 3.05) is 57.3 Å². The van der Waals surface area contributed by atoms with Gasteiger partial charge in [0, 0.05) is 44.9 Å². The number of halogens is 2. The van der Waals surface area contributed by atoms with Crippen LogP contribution in [0.4, 0.5) is 19.3 Å². The number of piperidine rings is 1. The number of rotatable bonds is 5. The first-order chi connectivity index (χ1) is 12.5. The normalized spacial score (nSPS) is 18.8. The van der Waals surface area contributed by atoms with Gasteiger partial charge in [0.1, 0.15) is 18.0 Å². The lowest BCUT2D eigenvalue weighted by atomic mass is 10.1. The zero-order valence-electron chi connectivity index (χ0n) is 14.8. The van der Waals surface area contributed by atoms with Crippen LogP contribution in [0.25, 0.3) is 0 Å². The van der Waals surface area contributed by atoms with Gasteiger partial charge in [-0.1, -0.05) is 6.42 Å². The lowest BCUT2D eigenvalue weighted by Crippen LogP contribution is -2.48. The largest absolute Gasteiger partial charge is 0.492 e. The number of hydrogen-bond donors (Lipinski definition) is 1. The molecule has 1 aromatic rings. The lowest BCUT2D eigenvalue weighted by Gasteiger charge is -2.34. The molecule has 8 heteroatoms. The summed E-state index contributed by atoms with van der Waals surface area (Å²) in [5, 5.41) is 8.96. The average Bonchev–Trinajstić information content (AvgIpc) is 2.62. The Bertz CT molecular complexity index is 607. The van der Waals surface area contributed by atoms with Gasteiger partial charge in [-0.2, -0.15) is 0 Å². The van der Waals surface area contributed by atoms with Gasteiger partial charge in [0.15, 0.2) is 11.6 Å². The molecule has 1 N–H and O–H groups in total. The Labute approximate surface area is 151 Å². The van der Waals surface area contributed by atoms with E-state index in [1.165, 1.54) is 36.3 Å². The van der Waals surface area contributed by atoms with E-state index in [9.17, 15) is 13.6 Å². The van der Waals surface area contributed by atoms with Crippen molar-refractivity contribution in [2.45, 2.75) is 19.3 Å². The van der Waals surface area contributed by atoms with Crippen LogP contribution < -0.4 is 9.64 Å². The Morgan fingerprint density at radius 3 is 2.19 bits per heavy atom. The lowest BCUT2D eigenvalue weighted by molar-refractivity contribution is 0.142. The van der Waals surface area contributed by atoms with E-state index in [0.717, 1.165) is 19.6 Å². The number of carboxylic acid groups (broad SMARTS) is 1. The minimum atomic E-state index is -1.01. The van der Waals surface area contributed by atoms with Gasteiger partial charge in [-0.25, -0.2) is 13.6 Å². The van der Waals surface area contributed by atoms with Crippen LogP contribution in [-0.2, 0) is 0 Å². The van der Waals surface area contributed by atoms with Crippen molar-refractivity contribution in [1.82, 2.24) is 9.80 Å². The molecule has 6 nitrogen and oxygen atoms in total. The van der Waals surface area contributed by atoms with Crippen LogP contribution in [0, 0.1) is 11.6 Å². The van der Waals surface area contributed by atoms with Gasteiger partial charge in [0.25, 0.3) is 0 Å². The predicted octanol–water partition coefficient (Wildman–Crippen LogP) is 2.63. The highest BCUT2D eigenvalue weighted by molar-refractivity contribution is 5.65. The van der Waals surface area contributed by atoms with Crippen molar-refractivity contribution in [1.29, 1.82) is 0 Å². The first-order valence-electron chi connectivity index (χ1n) is 9.11. The maximum absolute atomic E-state index is 14.4. The highest BCUT2D eigenvalue weighted by atomic mass is 19.1. The second-order valence-electron chi connectivity index (χ2n) is 6.74. The van der Waals surface area contributed by atoms with Crippen molar-refractivity contribution in [2.24, 2.45) is 0 Å². The zero-order chi connectivity index (χ0) is 18.5. The molecule has 26 heavy (non-hydrogen) atoms. The van der Waals surface area contributed by atoms with Crippen molar-refractivity contribution in [3.05, 3.63) is 23.8 Å². The molecule has 0 aromatic heterocycles. The molecular formula is C18H25F2N3O3. The van der Waals surface area contributed by atoms with E-state index in [0.29, 0.717) is 6.61 Å². The Kier molecular flexibility index (Phi) is 6.13. The number of hydrogen-bond acceptors (Lipinski definition) is 4. The van der Waals surface area contributed by atoms with Crippen LogP contribution in [0.1, 0.15) is 19.3 Å². The third kappa shape index (κ3) is 4.55. The number of nitrogens with zero attached hydrogens (tertiary/aromatic N) is 3. The molecule has 2 fully saturated rings. The molecule has 3 rings (SSSR count). The summed E-state index contributed by atoms with van der Waals surface area (Å²) in [6, 6.07) is 2.41. The number of amides is 1. The monoisotopic (exact) mass is 369 g/mol. The summed E-state index contributed by atoms with van der Waals surface area (Å²) in [6.07, 6.45) is 2.62. The fourth-order valence-electron chi connectivity index (χ4n) is 3.52. The molecule has 0 atom stereocenters. The van der Waals surface area contributed by atoms with Crippen LogP contribution in [0.5, 0.6) is 5.75 Å². The molecule has 1 aromatic carbocycles. The summed E-state index contributed by atoms with van der Waals surface area (Å²) < 4.78 is 34.4. The van der Waals surface area contributed by atoms with Gasteiger partial charge < -0.3 is 19.6 Å². The Morgan fingerprint density at radius 1 is 1.00 bits per heavy atom. The van der Waals surface area contributed by atoms with E-state index in [1.54, 1.807) is 4.90 Å². The SMILES string of the molecule is O=C(O)N1CCN(c2c(F)cc(OCCN3CCCCC3)cc2F)CC1. The standard InChI is InChI=1S/C18H25F2N3O3/c19-15-12-14(26-11-10-21-4-2-1-3-5-21)13-16(20)17(15)22-6-8-23(9-7-22)18(24)25/h12-13H,1-11H2,(H,24,25). The van der Waals surface area contributed by atoms with Gasteiger partial charge in [-0.15, -0.1) is 0 Å². The molecule has 2 aliphatic rings. The molecule has 0 radical (unpaired) electrons. The van der Waals surface area contributed by atoms with Crippen molar-refractivity contribution >= 4 is 11.8 Å². The van der Waals surface area contributed by atoms with Gasteiger partial charge in [-0.05, 0) is 25.9 Å². The van der Waals surface area contributed by atoms with Crippen molar-refractivity contribution in [3.63, 3.8) is 0 Å². The zero-order valence-corrected chi connectivity index (χ0v) is 14.8. The van der Waals surface area contributed by atoms with E-state index in [2.05, 4.69) is 4.90 Å². The number of ether oxygens (including phenoxy) is 1. The Morgan fingerprint density at radius 2 is 1.62 bits per heavy atom. The third-order valence-electron chi connectivity index (χ3n) is 4.98. The van der Waals surface area contributed by atoms with Crippen LogP contribution in [0.2, 0.25) is 0 Å². The van der Waals surface area contributed by atoms with Gasteiger partial charge in [0.2, 0.25) is 0 Å². The van der Waals surface area contributed by atoms with E-state index < -0.39 is 17.7 Å². The second-order valence-corrected chi connectivity index (χ2v) is 6.74. The maximum Gasteiger partial charge on any atom is 0.407 e. The summed E-state index contributed by atoms with van der Waals surface area (Å²) in [4.78, 5) is 16.0. The smallest absolute Gasteiger partial charge is 0.407 e. The topological polar surface area (TPSA) is 56.3 Å². The van der Waals surface area contributed by atoms with E-state index >= 15 is 0 Å². The van der Waals surface area contributed by atoms with E-state index in [-0.39, 0.29) is 37.6 Å². The molecule has 1 amide bonds. The number of piperazine rings is 1. The quantitative estimate of drug-likeness (QED) is 0.865. The van der Waals surface area contributed by atoms with E-state index in [1.807, 2.05) is 0 Å². The number of benzene rings is 1. The van der Waals surface area contributed by atoms with Gasteiger partial charge >= 0.3 is 6.09 Å². The summed E-state index contributed by atoms with van der Waals surface area (Å²) in [5.74, 6) is -1.17. The van der Waals surface area contributed by atoms with Crippen molar-refractivity contribution in [3.8, 4) is 5.75 Å². The average molecular weight is 369 g/mol. The molecule has 0 aliphatic carbocycles. The molecule has 2 saturated heterocycles. The van der Waals surface area contributed by atoms with Crippen LogP contribution >= 0.6 is 0 Å². The number of likely N-dealkylation sites (tertiary alicyclic amines) is 1. The summed E-state index contributed by atoms with van der Waals surface area (Å²) in [7, 11) is 0. The summed E-state index contributed by atoms with van der Waals surface area (Å²) in [6.45, 7) is 4.22. The molecule has 2 heterocycles. The molecule has 0 bridgehead atoms. The van der Waals surface area contributed by atoms with Crippen LogP contribution in [0.15, 0.2) is 12.1 Å². The minimum absolute atomic E-state index is 0.113. The molecule has 2 aliphatic heterocycles. The first kappa shape index (κ1) is 18.7. The molecule has 0 spiro atoms. The molecule has 0 unspecified atom stereocenters. The predicted molar refractivity (Wildman–Crippen MR) is 94.0 cm³/mol. The third-order valence-corrected chi connectivity index (χ3v) is 4.98. The molecule has 144 valence electrons. The summed E-state index contributed by atoms with van der Waals surface area (Å²) >= 11 is 0. The fraction of sp³-hybridized carbons (Fsp3) is 0.611. The first-order valence-corrected chi connectivity index (χ1v) is 9.11. The Hall–Kier alpha value is -2.09. The fourth-order valence-corrected chi connectivity index (χ4v) is 3.52. The van der Waals surface area contributed by atoms with Crippen LogP contribution in [-0.4, -0.2) is 73.4 Å². The molecular weight excluding hydrogens is 344 g/mol. The minimum Gasteiger partial charge on any atom is -0.492 e. The van der Waals surface area contributed by atoms with Crippen LogP contribution in [0.3, 0.4) is 0 Å². The number of anilines is 1. The molecule has 0 saturated carbocycles. The number of carbonyl (C=O) groups is 1. The van der Waals surface area contributed by atoms with Gasteiger partial charge in [-0.3, -0.25) is 4.90 Å². The van der Waals surface area contributed by atoms with Crippen molar-refractivity contribution < 1.29 is 23.4 Å². The maximum atomic E-state index is 14.4. The van der Waals surface area contributed by atoms with E-state index in [4.69, 9.17) is 9.84 Å². The summed E-state index contributed by atoms with van der Waals surface area (Å²) in [5.41, 5.74) is -0.113. The van der Waals surface area contributed by atoms with Gasteiger partial charge in [0.05, 0.1) is 0 Å². The Balaban J connectivity index is 1.57. The second kappa shape index (κ2) is 8.53.